The molecule has 0 radical (unpaired) electrons. The van der Waals surface area contributed by atoms with Gasteiger partial charge in [0.15, 0.2) is 0 Å². The molecule has 2 aromatic rings. The average Bonchev–Trinajstić information content (AvgIpc) is 2.51. The predicted molar refractivity (Wildman–Crippen MR) is 86.0 cm³/mol. The number of methoxy groups -OCH3 is 1. The van der Waals surface area contributed by atoms with Gasteiger partial charge in [0.2, 0.25) is 5.88 Å². The van der Waals surface area contributed by atoms with E-state index in [0.717, 1.165) is 29.0 Å². The molecule has 0 unspecified atom stereocenters. The van der Waals surface area contributed by atoms with E-state index in [2.05, 4.69) is 31.2 Å². The molecule has 1 heterocycles. The fourth-order valence-electron chi connectivity index (χ4n) is 1.77. The van der Waals surface area contributed by atoms with Crippen LogP contribution in [0.4, 0.5) is 5.82 Å². The van der Waals surface area contributed by atoms with Crippen LogP contribution in [0.25, 0.3) is 0 Å². The number of aromatic nitrogens is 2. The van der Waals surface area contributed by atoms with Crippen LogP contribution in [0.3, 0.4) is 0 Å². The fourth-order valence-corrected chi connectivity index (χ4v) is 2.20. The van der Waals surface area contributed by atoms with Gasteiger partial charge in [-0.25, -0.2) is 9.97 Å². The van der Waals surface area contributed by atoms with Gasteiger partial charge in [-0.15, -0.1) is 0 Å². The number of nitrogens with one attached hydrogen (secondary N) is 1. The Morgan fingerprint density at radius 3 is 2.62 bits per heavy atom. The molecule has 1 N–H and O–H groups in total. The summed E-state index contributed by atoms with van der Waals surface area (Å²) in [6.45, 7) is 3.50. The maximum absolute atomic E-state index is 5.79. The van der Waals surface area contributed by atoms with Crippen molar-refractivity contribution in [2.75, 3.05) is 25.6 Å². The van der Waals surface area contributed by atoms with Gasteiger partial charge in [-0.2, -0.15) is 0 Å². The Labute approximate surface area is 132 Å². The van der Waals surface area contributed by atoms with Gasteiger partial charge in [0.1, 0.15) is 22.4 Å². The van der Waals surface area contributed by atoms with Gasteiger partial charge < -0.3 is 14.8 Å². The molecule has 21 heavy (non-hydrogen) atoms. The Kier molecular flexibility index (Phi) is 5.95. The number of hydrogen-bond donors (Lipinski definition) is 1. The summed E-state index contributed by atoms with van der Waals surface area (Å²) in [5.41, 5.74) is 1.21. The molecule has 0 saturated heterocycles. The number of nitrogens with zero attached hydrogens (tertiary/aromatic N) is 2. The van der Waals surface area contributed by atoms with E-state index in [9.17, 15) is 0 Å². The lowest BCUT2D eigenvalue weighted by molar-refractivity contribution is 0.202. The zero-order valence-electron chi connectivity index (χ0n) is 12.1. The molecule has 5 nitrogen and oxygen atoms in total. The fraction of sp³-hybridized carbons (Fsp3) is 0.333. The minimum atomic E-state index is 0.491. The third-order valence-corrected chi connectivity index (χ3v) is 3.55. The normalized spacial score (nSPS) is 10.4. The highest BCUT2D eigenvalue weighted by atomic mass is 79.9. The van der Waals surface area contributed by atoms with E-state index in [1.54, 1.807) is 7.11 Å². The van der Waals surface area contributed by atoms with Crippen molar-refractivity contribution in [2.24, 2.45) is 0 Å². The maximum atomic E-state index is 5.79. The maximum Gasteiger partial charge on any atom is 0.238 e. The monoisotopic (exact) mass is 351 g/mol. The summed E-state index contributed by atoms with van der Waals surface area (Å²) in [7, 11) is 1.70. The number of rotatable bonds is 7. The molecule has 6 heteroatoms. The number of benzene rings is 1. The molecule has 0 aliphatic heterocycles. The highest BCUT2D eigenvalue weighted by molar-refractivity contribution is 9.10. The highest BCUT2D eigenvalue weighted by Gasteiger charge is 2.10. The Balaban J connectivity index is 2.09. The number of ether oxygens (including phenoxy) is 2. The van der Waals surface area contributed by atoms with Gasteiger partial charge in [0, 0.05) is 13.7 Å². The van der Waals surface area contributed by atoms with Crippen LogP contribution in [0.15, 0.2) is 35.1 Å². The quantitative estimate of drug-likeness (QED) is 0.824. The van der Waals surface area contributed by atoms with E-state index in [-0.39, 0.29) is 0 Å². The van der Waals surface area contributed by atoms with Crippen molar-refractivity contribution in [2.45, 2.75) is 13.3 Å². The van der Waals surface area contributed by atoms with Crippen molar-refractivity contribution in [1.82, 2.24) is 9.97 Å². The molecule has 0 spiro atoms. The third-order valence-electron chi connectivity index (χ3n) is 2.83. The van der Waals surface area contributed by atoms with Crippen LogP contribution in [-0.2, 0) is 11.2 Å². The summed E-state index contributed by atoms with van der Waals surface area (Å²) in [4.78, 5) is 8.30. The van der Waals surface area contributed by atoms with Crippen LogP contribution >= 0.6 is 15.9 Å². The summed E-state index contributed by atoms with van der Waals surface area (Å²) < 4.78 is 11.6. The highest BCUT2D eigenvalue weighted by Crippen LogP contribution is 2.31. The Hall–Kier alpha value is -1.66. The van der Waals surface area contributed by atoms with Gasteiger partial charge in [-0.05, 0) is 47.0 Å². The first-order valence-corrected chi connectivity index (χ1v) is 7.54. The van der Waals surface area contributed by atoms with Crippen LogP contribution in [0.5, 0.6) is 11.6 Å². The zero-order chi connectivity index (χ0) is 15.1. The van der Waals surface area contributed by atoms with Crippen molar-refractivity contribution in [3.8, 4) is 11.6 Å². The Morgan fingerprint density at radius 1 is 1.19 bits per heavy atom. The van der Waals surface area contributed by atoms with E-state index in [4.69, 9.17) is 9.47 Å². The predicted octanol–water partition coefficient (Wildman–Crippen LogP) is 3.65. The molecule has 0 bridgehead atoms. The molecule has 0 atom stereocenters. The summed E-state index contributed by atoms with van der Waals surface area (Å²) in [5.74, 6) is 1.95. The van der Waals surface area contributed by atoms with Gasteiger partial charge >= 0.3 is 0 Å². The minimum absolute atomic E-state index is 0.491. The van der Waals surface area contributed by atoms with E-state index < -0.39 is 0 Å². The lowest BCUT2D eigenvalue weighted by atomic mass is 10.1. The second-order valence-electron chi connectivity index (χ2n) is 4.36. The summed E-state index contributed by atoms with van der Waals surface area (Å²) >= 11 is 3.46. The van der Waals surface area contributed by atoms with Gasteiger partial charge in [-0.1, -0.05) is 12.1 Å². The van der Waals surface area contributed by atoms with Gasteiger partial charge in [-0.3, -0.25) is 0 Å². The molecule has 0 fully saturated rings. The number of halogens is 1. The third kappa shape index (κ3) is 4.41. The van der Waals surface area contributed by atoms with Gasteiger partial charge in [0.25, 0.3) is 0 Å². The SMILES string of the molecule is CCNc1ncnc(Oc2ccc(CCOC)cc2)c1Br. The molecule has 0 saturated carbocycles. The van der Waals surface area contributed by atoms with Crippen molar-refractivity contribution in [3.05, 3.63) is 40.6 Å². The van der Waals surface area contributed by atoms with Crippen molar-refractivity contribution in [3.63, 3.8) is 0 Å². The number of anilines is 1. The first kappa shape index (κ1) is 15.7. The molecule has 0 aliphatic carbocycles. The molecule has 112 valence electrons. The van der Waals surface area contributed by atoms with Crippen molar-refractivity contribution >= 4 is 21.7 Å². The van der Waals surface area contributed by atoms with E-state index in [1.807, 2.05) is 31.2 Å². The van der Waals surface area contributed by atoms with Gasteiger partial charge in [0.05, 0.1) is 6.61 Å². The van der Waals surface area contributed by atoms with Crippen molar-refractivity contribution in [1.29, 1.82) is 0 Å². The lowest BCUT2D eigenvalue weighted by Gasteiger charge is -2.10. The van der Waals surface area contributed by atoms with Crippen LogP contribution in [0.2, 0.25) is 0 Å². The molecular formula is C15H18BrN3O2. The Morgan fingerprint density at radius 2 is 1.95 bits per heavy atom. The van der Waals surface area contributed by atoms with E-state index in [0.29, 0.717) is 12.5 Å². The Bertz CT molecular complexity index is 576. The molecule has 0 amide bonds. The minimum Gasteiger partial charge on any atom is -0.438 e. The molecule has 2 rings (SSSR count). The number of hydrogen-bond acceptors (Lipinski definition) is 5. The molecular weight excluding hydrogens is 334 g/mol. The van der Waals surface area contributed by atoms with Crippen molar-refractivity contribution < 1.29 is 9.47 Å². The average molecular weight is 352 g/mol. The van der Waals surface area contributed by atoms with E-state index >= 15 is 0 Å². The van der Waals surface area contributed by atoms with Crippen LogP contribution in [-0.4, -0.2) is 30.2 Å². The smallest absolute Gasteiger partial charge is 0.238 e. The second kappa shape index (κ2) is 7.95. The van der Waals surface area contributed by atoms with Crippen LogP contribution in [0, 0.1) is 0 Å². The van der Waals surface area contributed by atoms with Crippen LogP contribution < -0.4 is 10.1 Å². The first-order valence-electron chi connectivity index (χ1n) is 6.74. The first-order chi connectivity index (χ1) is 10.2. The summed E-state index contributed by atoms with van der Waals surface area (Å²) in [6, 6.07) is 7.89. The van der Waals surface area contributed by atoms with E-state index in [1.165, 1.54) is 11.9 Å². The lowest BCUT2D eigenvalue weighted by Crippen LogP contribution is -2.02. The van der Waals surface area contributed by atoms with Crippen LogP contribution in [0.1, 0.15) is 12.5 Å². The standard InChI is InChI=1S/C15H18BrN3O2/c1-3-17-14-13(16)15(19-10-18-14)21-12-6-4-11(5-7-12)8-9-20-2/h4-7,10H,3,8-9H2,1-2H3,(H,17,18,19). The summed E-state index contributed by atoms with van der Waals surface area (Å²) in [6.07, 6.45) is 2.36. The molecule has 1 aromatic heterocycles. The zero-order valence-corrected chi connectivity index (χ0v) is 13.7. The second-order valence-corrected chi connectivity index (χ2v) is 5.15. The topological polar surface area (TPSA) is 56.3 Å². The summed E-state index contributed by atoms with van der Waals surface area (Å²) in [5, 5.41) is 3.14. The largest absolute Gasteiger partial charge is 0.438 e. The molecule has 1 aromatic carbocycles. The molecule has 0 aliphatic rings.